The Kier molecular flexibility index (Phi) is 3.95. The lowest BCUT2D eigenvalue weighted by atomic mass is 10.1. The summed E-state index contributed by atoms with van der Waals surface area (Å²) in [4.78, 5) is 0. The zero-order valence-corrected chi connectivity index (χ0v) is 12.0. The van der Waals surface area contributed by atoms with Crippen LogP contribution >= 0.6 is 12.2 Å². The van der Waals surface area contributed by atoms with E-state index in [0.717, 1.165) is 24.7 Å². The molecule has 0 radical (unpaired) electrons. The molecule has 0 saturated carbocycles. The summed E-state index contributed by atoms with van der Waals surface area (Å²) in [7, 11) is 0. The Morgan fingerprint density at radius 3 is 2.55 bits per heavy atom. The maximum absolute atomic E-state index is 5.45. The van der Waals surface area contributed by atoms with Gasteiger partial charge in [0.15, 0.2) is 5.11 Å². The van der Waals surface area contributed by atoms with Gasteiger partial charge in [0.2, 0.25) is 0 Å². The van der Waals surface area contributed by atoms with Gasteiger partial charge in [0.1, 0.15) is 0 Å². The summed E-state index contributed by atoms with van der Waals surface area (Å²) < 4.78 is 0. The molecule has 0 bridgehead atoms. The molecular formula is C16H17N3S. The van der Waals surface area contributed by atoms with Crippen molar-refractivity contribution in [2.45, 2.75) is 19.6 Å². The van der Waals surface area contributed by atoms with Gasteiger partial charge in [-0.05, 0) is 28.9 Å². The fourth-order valence-corrected chi connectivity index (χ4v) is 2.50. The number of rotatable bonds is 2. The standard InChI is InChI=1S/C16H17N3S/c20-16(17-10-13-6-2-1-3-7-13)19-12-15-9-5-4-8-14(15)11-18-19/h1-9,18H,10-12H2,(H,17,20). The molecule has 3 nitrogen and oxygen atoms in total. The lowest BCUT2D eigenvalue weighted by molar-refractivity contribution is 0.271. The first-order valence-corrected chi connectivity index (χ1v) is 7.13. The summed E-state index contributed by atoms with van der Waals surface area (Å²) >= 11 is 5.45. The molecule has 0 saturated heterocycles. The second-order valence-electron chi connectivity index (χ2n) is 4.83. The Hall–Kier alpha value is -1.91. The van der Waals surface area contributed by atoms with Crippen molar-refractivity contribution in [2.75, 3.05) is 0 Å². The molecule has 2 aromatic carbocycles. The molecule has 0 unspecified atom stereocenters. The number of nitrogens with zero attached hydrogens (tertiary/aromatic N) is 1. The third-order valence-electron chi connectivity index (χ3n) is 3.44. The summed E-state index contributed by atoms with van der Waals surface area (Å²) in [5.74, 6) is 0. The van der Waals surface area contributed by atoms with E-state index in [1.165, 1.54) is 16.7 Å². The van der Waals surface area contributed by atoms with E-state index >= 15 is 0 Å². The van der Waals surface area contributed by atoms with Gasteiger partial charge in [-0.1, -0.05) is 54.6 Å². The van der Waals surface area contributed by atoms with E-state index in [1.54, 1.807) is 0 Å². The largest absolute Gasteiger partial charge is 0.357 e. The molecule has 0 atom stereocenters. The maximum atomic E-state index is 5.45. The number of hydrazine groups is 1. The molecule has 0 fully saturated rings. The van der Waals surface area contributed by atoms with Crippen molar-refractivity contribution in [3.8, 4) is 0 Å². The minimum absolute atomic E-state index is 0.739. The number of benzene rings is 2. The Balaban J connectivity index is 1.59. The normalized spacial score (nSPS) is 13.7. The molecule has 0 amide bonds. The molecule has 0 aliphatic carbocycles. The Labute approximate surface area is 124 Å². The molecule has 3 rings (SSSR count). The topological polar surface area (TPSA) is 27.3 Å². The van der Waals surface area contributed by atoms with E-state index in [1.807, 2.05) is 23.2 Å². The first kappa shape index (κ1) is 13.1. The van der Waals surface area contributed by atoms with Gasteiger partial charge in [0, 0.05) is 13.1 Å². The lowest BCUT2D eigenvalue weighted by Crippen LogP contribution is -2.49. The van der Waals surface area contributed by atoms with Crippen LogP contribution in [-0.4, -0.2) is 10.1 Å². The van der Waals surface area contributed by atoms with Crippen LogP contribution in [0.4, 0.5) is 0 Å². The first-order valence-electron chi connectivity index (χ1n) is 6.72. The highest BCUT2D eigenvalue weighted by atomic mass is 32.1. The van der Waals surface area contributed by atoms with Crippen molar-refractivity contribution in [2.24, 2.45) is 0 Å². The van der Waals surface area contributed by atoms with Crippen LogP contribution in [0.5, 0.6) is 0 Å². The maximum Gasteiger partial charge on any atom is 0.184 e. The highest BCUT2D eigenvalue weighted by Crippen LogP contribution is 2.15. The van der Waals surface area contributed by atoms with E-state index in [-0.39, 0.29) is 0 Å². The second kappa shape index (κ2) is 6.03. The molecule has 20 heavy (non-hydrogen) atoms. The molecular weight excluding hydrogens is 266 g/mol. The Morgan fingerprint density at radius 1 is 1.05 bits per heavy atom. The van der Waals surface area contributed by atoms with E-state index in [0.29, 0.717) is 0 Å². The third kappa shape index (κ3) is 2.98. The second-order valence-corrected chi connectivity index (χ2v) is 5.22. The molecule has 1 heterocycles. The number of nitrogens with one attached hydrogen (secondary N) is 2. The summed E-state index contributed by atoms with van der Waals surface area (Å²) in [5, 5.41) is 6.03. The molecule has 2 aromatic rings. The van der Waals surface area contributed by atoms with Crippen LogP contribution in [0.2, 0.25) is 0 Å². The van der Waals surface area contributed by atoms with Crippen LogP contribution in [0.25, 0.3) is 0 Å². The van der Waals surface area contributed by atoms with Crippen LogP contribution in [-0.2, 0) is 19.6 Å². The molecule has 4 heteroatoms. The highest BCUT2D eigenvalue weighted by molar-refractivity contribution is 7.80. The molecule has 102 valence electrons. The van der Waals surface area contributed by atoms with Crippen molar-refractivity contribution in [1.29, 1.82) is 0 Å². The average Bonchev–Trinajstić information content (AvgIpc) is 2.53. The van der Waals surface area contributed by atoms with Crippen molar-refractivity contribution in [3.63, 3.8) is 0 Å². The molecule has 1 aliphatic heterocycles. The minimum atomic E-state index is 0.739. The molecule has 0 aromatic heterocycles. The fourth-order valence-electron chi connectivity index (χ4n) is 2.30. The van der Waals surface area contributed by atoms with Gasteiger partial charge in [-0.25, -0.2) is 5.43 Å². The number of hydrogen-bond acceptors (Lipinski definition) is 2. The zero-order chi connectivity index (χ0) is 13.8. The highest BCUT2D eigenvalue weighted by Gasteiger charge is 2.17. The molecule has 0 spiro atoms. The molecule has 1 aliphatic rings. The van der Waals surface area contributed by atoms with E-state index in [9.17, 15) is 0 Å². The lowest BCUT2D eigenvalue weighted by Gasteiger charge is -2.31. The van der Waals surface area contributed by atoms with Crippen molar-refractivity contribution >= 4 is 17.3 Å². The predicted molar refractivity (Wildman–Crippen MR) is 84.7 cm³/mol. The summed E-state index contributed by atoms with van der Waals surface area (Å²) in [6.45, 7) is 2.37. The third-order valence-corrected chi connectivity index (χ3v) is 3.80. The van der Waals surface area contributed by atoms with Crippen molar-refractivity contribution in [3.05, 3.63) is 71.3 Å². The van der Waals surface area contributed by atoms with Gasteiger partial charge in [0.05, 0.1) is 6.54 Å². The van der Waals surface area contributed by atoms with E-state index in [4.69, 9.17) is 12.2 Å². The average molecular weight is 283 g/mol. The van der Waals surface area contributed by atoms with Gasteiger partial charge in [0.25, 0.3) is 0 Å². The van der Waals surface area contributed by atoms with Gasteiger partial charge in [-0.15, -0.1) is 0 Å². The minimum Gasteiger partial charge on any atom is -0.357 e. The predicted octanol–water partition coefficient (Wildman–Crippen LogP) is 2.58. The fraction of sp³-hybridized carbons (Fsp3) is 0.188. The number of fused-ring (bicyclic) bond motifs is 1. The first-order chi connectivity index (χ1) is 9.83. The van der Waals surface area contributed by atoms with E-state index in [2.05, 4.69) is 47.1 Å². The van der Waals surface area contributed by atoms with E-state index < -0.39 is 0 Å². The van der Waals surface area contributed by atoms with Crippen LogP contribution in [0, 0.1) is 0 Å². The summed E-state index contributed by atoms with van der Waals surface area (Å²) in [6, 6.07) is 18.7. The van der Waals surface area contributed by atoms with Crippen molar-refractivity contribution in [1.82, 2.24) is 15.8 Å². The van der Waals surface area contributed by atoms with Gasteiger partial charge >= 0.3 is 0 Å². The number of thiocarbonyl (C=S) groups is 1. The van der Waals surface area contributed by atoms with Gasteiger partial charge < -0.3 is 5.32 Å². The molecule has 2 N–H and O–H groups in total. The van der Waals surface area contributed by atoms with Crippen LogP contribution in [0.3, 0.4) is 0 Å². The summed E-state index contributed by atoms with van der Waals surface area (Å²) in [5.41, 5.74) is 7.24. The smallest absolute Gasteiger partial charge is 0.184 e. The van der Waals surface area contributed by atoms with Crippen LogP contribution < -0.4 is 10.7 Å². The quantitative estimate of drug-likeness (QED) is 0.829. The number of hydrogen-bond donors (Lipinski definition) is 2. The van der Waals surface area contributed by atoms with Crippen molar-refractivity contribution < 1.29 is 0 Å². The SMILES string of the molecule is S=C(NCc1ccccc1)N1Cc2ccccc2CN1. The Morgan fingerprint density at radius 2 is 1.75 bits per heavy atom. The van der Waals surface area contributed by atoms with Crippen LogP contribution in [0.15, 0.2) is 54.6 Å². The van der Waals surface area contributed by atoms with Crippen LogP contribution in [0.1, 0.15) is 16.7 Å². The summed E-state index contributed by atoms with van der Waals surface area (Å²) in [6.07, 6.45) is 0. The van der Waals surface area contributed by atoms with Gasteiger partial charge in [-0.3, -0.25) is 5.01 Å². The monoisotopic (exact) mass is 283 g/mol. The zero-order valence-electron chi connectivity index (χ0n) is 11.2. The Bertz CT molecular complexity index is 598. The van der Waals surface area contributed by atoms with Gasteiger partial charge in [-0.2, -0.15) is 0 Å².